The Hall–Kier alpha value is -7.04. The molecule has 1 N–H and O–H groups in total. The maximum atomic E-state index is 13.6. The van der Waals surface area contributed by atoms with E-state index in [1.165, 1.54) is 11.9 Å². The van der Waals surface area contributed by atoms with Crippen molar-refractivity contribution >= 4 is 23.2 Å². The number of para-hydroxylation sites is 1. The molecule has 60 heavy (non-hydrogen) atoms. The largest absolute Gasteiger partial charge is 0.569 e. The van der Waals surface area contributed by atoms with Crippen LogP contribution in [0.3, 0.4) is 0 Å². The third kappa shape index (κ3) is 10.7. The van der Waals surface area contributed by atoms with Gasteiger partial charge < -0.3 is 29.0 Å². The molecule has 314 valence electrons. The van der Waals surface area contributed by atoms with Crippen LogP contribution in [0.2, 0.25) is 0 Å². The number of nitrogens with one attached hydrogen (secondary N) is 1. The van der Waals surface area contributed by atoms with Gasteiger partial charge in [-0.3, -0.25) is 4.57 Å². The number of nitrogens with zero attached hydrogens (tertiary/aromatic N) is 8. The highest BCUT2D eigenvalue weighted by atomic mass is 16.8. The van der Waals surface area contributed by atoms with Crippen LogP contribution < -0.4 is 4.74 Å². The van der Waals surface area contributed by atoms with Crippen molar-refractivity contribution < 1.29 is 38.3 Å². The van der Waals surface area contributed by atoms with E-state index in [9.17, 15) is 14.8 Å². The number of hydrogen-bond donors (Lipinski definition) is 1. The van der Waals surface area contributed by atoms with Gasteiger partial charge >= 0.3 is 12.1 Å². The molecule has 0 aliphatic carbocycles. The van der Waals surface area contributed by atoms with E-state index in [4.69, 9.17) is 23.8 Å². The van der Waals surface area contributed by atoms with Crippen LogP contribution in [0.1, 0.15) is 81.5 Å². The summed E-state index contributed by atoms with van der Waals surface area (Å²) in [6.45, 7) is 9.69. The first-order valence-corrected chi connectivity index (χ1v) is 19.6. The number of ether oxygens (including phenoxy) is 4. The quantitative estimate of drug-likeness (QED) is 0.0217. The van der Waals surface area contributed by atoms with Gasteiger partial charge in [0.2, 0.25) is 11.6 Å². The Morgan fingerprint density at radius 3 is 2.37 bits per heavy atom. The molecular weight excluding hydrogens is 771 g/mol. The summed E-state index contributed by atoms with van der Waals surface area (Å²) in [7, 11) is 1.63. The fraction of sp³-hybridized carbons (Fsp3) is 0.349. The molecular formula is C43H49N9O8. The molecule has 0 amide bonds. The number of esters is 1. The number of unbranched alkanes of at least 4 members (excludes halogenated alkanes) is 1. The number of aromatic nitrogens is 6. The number of hydrogen-bond acceptors (Lipinski definition) is 13. The second kappa shape index (κ2) is 19.6. The van der Waals surface area contributed by atoms with Gasteiger partial charge in [-0.15, -0.1) is 10.1 Å². The summed E-state index contributed by atoms with van der Waals surface area (Å²) in [6, 6.07) is 30.7. The molecule has 2 aromatic heterocycles. The number of fused-ring (bicyclic) bond motifs is 1. The van der Waals surface area contributed by atoms with Gasteiger partial charge in [0.15, 0.2) is 11.9 Å². The van der Waals surface area contributed by atoms with E-state index in [0.29, 0.717) is 60.3 Å². The maximum absolute atomic E-state index is 13.6. The van der Waals surface area contributed by atoms with Gasteiger partial charge in [0.25, 0.3) is 6.01 Å². The summed E-state index contributed by atoms with van der Waals surface area (Å²) in [6.07, 6.45) is -1.18. The molecule has 2 atom stereocenters. The van der Waals surface area contributed by atoms with Gasteiger partial charge in [-0.2, -0.15) is 4.98 Å². The molecule has 0 aliphatic rings. The second-order valence-corrected chi connectivity index (χ2v) is 14.8. The molecule has 2 unspecified atom stereocenters. The normalized spacial score (nSPS) is 12.7. The molecule has 0 radical (unpaired) electrons. The lowest BCUT2D eigenvalue weighted by atomic mass is 9.98. The summed E-state index contributed by atoms with van der Waals surface area (Å²) in [4.78, 5) is 37.0. The molecule has 6 rings (SSSR count). The molecule has 6 aromatic rings. The van der Waals surface area contributed by atoms with Crippen molar-refractivity contribution in [2.24, 2.45) is 5.28 Å². The van der Waals surface area contributed by atoms with Crippen molar-refractivity contribution in [2.45, 2.75) is 78.4 Å². The highest BCUT2D eigenvalue weighted by molar-refractivity contribution is 6.02. The summed E-state index contributed by atoms with van der Waals surface area (Å²) < 4.78 is 23.8. The minimum Gasteiger partial charge on any atom is -0.569 e. The predicted octanol–water partition coefficient (Wildman–Crippen LogP) is 8.44. The SMILES string of the molecule is CCOc1nc2cccc(C(=O)OC(C)OC(=O)OCCCCC(O/N=[N+](\[O-])N(C)C(C)(C)C)c3ccccc3)c2n1Cc1ccc(-c2ccccc2-c2nnn[nH]2)cc1. The first-order chi connectivity index (χ1) is 28.9. The van der Waals surface area contributed by atoms with Crippen LogP contribution in [-0.2, 0) is 25.6 Å². The average molecular weight is 820 g/mol. The highest BCUT2D eigenvalue weighted by Crippen LogP contribution is 2.32. The average Bonchev–Trinajstić information content (AvgIpc) is 3.90. The number of hydrazine groups is 1. The zero-order valence-corrected chi connectivity index (χ0v) is 34.5. The first kappa shape index (κ1) is 42.6. The van der Waals surface area contributed by atoms with E-state index in [0.717, 1.165) is 27.8 Å². The zero-order chi connectivity index (χ0) is 42.6. The summed E-state index contributed by atoms with van der Waals surface area (Å²) in [5.41, 5.74) is 5.37. The molecule has 17 nitrogen and oxygen atoms in total. The number of H-pyrrole nitrogens is 1. The van der Waals surface area contributed by atoms with Crippen LogP contribution >= 0.6 is 0 Å². The number of rotatable bonds is 18. The zero-order valence-electron chi connectivity index (χ0n) is 34.5. The van der Waals surface area contributed by atoms with E-state index in [1.54, 1.807) is 25.2 Å². The van der Waals surface area contributed by atoms with Gasteiger partial charge in [-0.1, -0.05) is 84.9 Å². The van der Waals surface area contributed by atoms with Crippen molar-refractivity contribution in [1.82, 2.24) is 35.2 Å². The van der Waals surface area contributed by atoms with Crippen molar-refractivity contribution in [1.29, 1.82) is 0 Å². The molecule has 2 heterocycles. The Labute approximate surface area is 347 Å². The van der Waals surface area contributed by atoms with Crippen LogP contribution in [0.4, 0.5) is 4.79 Å². The monoisotopic (exact) mass is 819 g/mol. The fourth-order valence-corrected chi connectivity index (χ4v) is 6.25. The Kier molecular flexibility index (Phi) is 13.9. The van der Waals surface area contributed by atoms with Crippen molar-refractivity contribution in [3.63, 3.8) is 0 Å². The summed E-state index contributed by atoms with van der Waals surface area (Å²) >= 11 is 0. The van der Waals surface area contributed by atoms with E-state index in [1.807, 2.05) is 111 Å². The smallest absolute Gasteiger partial charge is 0.511 e. The maximum Gasteiger partial charge on any atom is 0.511 e. The molecule has 17 heteroatoms. The summed E-state index contributed by atoms with van der Waals surface area (Å²) in [5, 5.41) is 32.0. The third-order valence-corrected chi connectivity index (χ3v) is 9.62. The summed E-state index contributed by atoms with van der Waals surface area (Å²) in [5.74, 6) is -0.156. The number of carbonyl (C=O) groups excluding carboxylic acids is 2. The lowest BCUT2D eigenvalue weighted by Crippen LogP contribution is -2.42. The minimum atomic E-state index is -1.26. The highest BCUT2D eigenvalue weighted by Gasteiger charge is 2.26. The van der Waals surface area contributed by atoms with Crippen molar-refractivity contribution in [3.05, 3.63) is 119 Å². The Morgan fingerprint density at radius 1 is 0.933 bits per heavy atom. The van der Waals surface area contributed by atoms with Gasteiger partial charge in [0, 0.05) is 12.5 Å². The number of carbonyl (C=O) groups is 2. The minimum absolute atomic E-state index is 0.0454. The molecule has 0 fully saturated rings. The molecule has 0 saturated heterocycles. The topological polar surface area (TPSA) is 194 Å². The fourth-order valence-electron chi connectivity index (χ4n) is 6.25. The Balaban J connectivity index is 1.05. The standard InChI is InChI=1S/C43H49N9O8/c1-7-56-41-44-36-21-15-20-35(38(36)51(41)28-30-23-25-31(26-24-30)33-18-11-12-19-34(33)39-45-47-48-46-39)40(53)58-29(2)59-42(54)57-27-14-13-22-37(32-16-9-8-10-17-32)60-49-52(55)50(6)43(3,4)5/h8-12,15-21,23-26,29,37H,7,13-14,22,27-28H2,1-6H3,(H,45,46,47,48)/b52-49-. The Morgan fingerprint density at radius 2 is 1.67 bits per heavy atom. The third-order valence-electron chi connectivity index (χ3n) is 9.62. The number of imidazole rings is 1. The molecule has 0 aliphatic heterocycles. The van der Waals surface area contributed by atoms with E-state index in [2.05, 4.69) is 30.9 Å². The van der Waals surface area contributed by atoms with E-state index >= 15 is 0 Å². The van der Waals surface area contributed by atoms with Crippen LogP contribution in [-0.4, -0.2) is 84.4 Å². The van der Waals surface area contributed by atoms with Crippen LogP contribution in [0.15, 0.2) is 102 Å². The molecule has 0 spiro atoms. The van der Waals surface area contributed by atoms with Crippen molar-refractivity contribution in [2.75, 3.05) is 20.3 Å². The van der Waals surface area contributed by atoms with Crippen LogP contribution in [0.5, 0.6) is 6.01 Å². The predicted molar refractivity (Wildman–Crippen MR) is 220 cm³/mol. The van der Waals surface area contributed by atoms with Crippen molar-refractivity contribution in [3.8, 4) is 28.5 Å². The lowest BCUT2D eigenvalue weighted by molar-refractivity contribution is -0.720. The van der Waals surface area contributed by atoms with Gasteiger partial charge in [-0.25, -0.2) is 14.7 Å². The van der Waals surface area contributed by atoms with Crippen LogP contribution in [0.25, 0.3) is 33.5 Å². The number of aromatic amines is 1. The first-order valence-electron chi connectivity index (χ1n) is 19.6. The van der Waals surface area contributed by atoms with Crippen LogP contribution in [0, 0.1) is 5.21 Å². The molecule has 4 aromatic carbocycles. The lowest BCUT2D eigenvalue weighted by Gasteiger charge is -2.26. The number of tetrazole rings is 1. The molecule has 0 bridgehead atoms. The van der Waals surface area contributed by atoms with E-state index < -0.39 is 30.1 Å². The van der Waals surface area contributed by atoms with Gasteiger partial charge in [0.05, 0.1) is 53.9 Å². The van der Waals surface area contributed by atoms with Gasteiger partial charge in [-0.05, 0) is 91.8 Å². The Bertz CT molecular complexity index is 2360. The van der Waals surface area contributed by atoms with E-state index in [-0.39, 0.29) is 12.2 Å². The second-order valence-electron chi connectivity index (χ2n) is 14.8. The molecule has 0 saturated carbocycles. The van der Waals surface area contributed by atoms with Gasteiger partial charge in [0.1, 0.15) is 0 Å². The number of benzene rings is 4.